The van der Waals surface area contributed by atoms with E-state index >= 15 is 0 Å². The Morgan fingerprint density at radius 1 is 0.889 bits per heavy atom. The van der Waals surface area contributed by atoms with Gasteiger partial charge in [-0.2, -0.15) is 0 Å². The van der Waals surface area contributed by atoms with E-state index in [-0.39, 0.29) is 0 Å². The number of fused-ring (bicyclic) bond motifs is 2. The lowest BCUT2D eigenvalue weighted by Gasteiger charge is -2.07. The van der Waals surface area contributed by atoms with E-state index in [2.05, 4.69) is 84.1 Å². The van der Waals surface area contributed by atoms with Crippen molar-refractivity contribution >= 4 is 22.2 Å². The second-order valence-corrected chi connectivity index (χ2v) is 7.06. The third-order valence-electron chi connectivity index (χ3n) is 4.92. The quantitative estimate of drug-likeness (QED) is 0.466. The molecule has 132 valence electrons. The van der Waals surface area contributed by atoms with Crippen LogP contribution in [-0.2, 0) is 7.05 Å². The van der Waals surface area contributed by atoms with Crippen LogP contribution in [0, 0.1) is 13.8 Å². The molecule has 0 amide bonds. The van der Waals surface area contributed by atoms with Crippen LogP contribution < -0.4 is 0 Å². The van der Waals surface area contributed by atoms with Gasteiger partial charge in [0.2, 0.25) is 0 Å². The highest BCUT2D eigenvalue weighted by Crippen LogP contribution is 2.24. The van der Waals surface area contributed by atoms with Gasteiger partial charge in [-0.25, -0.2) is 15.0 Å². The van der Waals surface area contributed by atoms with Crippen molar-refractivity contribution in [2.24, 2.45) is 7.05 Å². The van der Waals surface area contributed by atoms with Gasteiger partial charge in [-0.3, -0.25) is 4.57 Å². The van der Waals surface area contributed by atoms with Crippen molar-refractivity contribution < 1.29 is 0 Å². The van der Waals surface area contributed by atoms with Crippen LogP contribution in [0.15, 0.2) is 61.2 Å². The molecule has 3 aromatic heterocycles. The fraction of sp³-hybridized carbons (Fsp3) is 0.136. The van der Waals surface area contributed by atoms with Gasteiger partial charge in [0.15, 0.2) is 11.3 Å². The molecule has 2 aromatic carbocycles. The van der Waals surface area contributed by atoms with Crippen LogP contribution in [0.2, 0.25) is 0 Å². The average molecular weight is 353 g/mol. The number of hydrogen-bond acceptors (Lipinski definition) is 3. The van der Waals surface area contributed by atoms with Crippen LogP contribution >= 0.6 is 0 Å². The molecule has 27 heavy (non-hydrogen) atoms. The minimum atomic E-state index is 0.649. The summed E-state index contributed by atoms with van der Waals surface area (Å²) in [6, 6.07) is 14.9. The molecule has 0 bridgehead atoms. The maximum Gasteiger partial charge on any atom is 0.197 e. The molecule has 0 aliphatic carbocycles. The number of hydrogen-bond donors (Lipinski definition) is 0. The highest BCUT2D eigenvalue weighted by molar-refractivity contribution is 5.83. The number of aryl methyl sites for hydroxylation is 3. The first-order valence-electron chi connectivity index (χ1n) is 8.93. The molecule has 0 fully saturated rings. The Hall–Kier alpha value is -3.47. The summed E-state index contributed by atoms with van der Waals surface area (Å²) < 4.78 is 4.12. The number of rotatable bonds is 2. The second kappa shape index (κ2) is 5.77. The molecule has 5 rings (SSSR count). The predicted octanol–water partition coefficient (Wildman–Crippen LogP) is 4.59. The summed E-state index contributed by atoms with van der Waals surface area (Å²) >= 11 is 0. The van der Waals surface area contributed by atoms with Gasteiger partial charge in [0.25, 0.3) is 0 Å². The van der Waals surface area contributed by atoms with Crippen molar-refractivity contribution in [2.45, 2.75) is 13.8 Å². The first-order chi connectivity index (χ1) is 13.1. The van der Waals surface area contributed by atoms with Crippen LogP contribution in [0.3, 0.4) is 0 Å². The van der Waals surface area contributed by atoms with Crippen molar-refractivity contribution in [2.75, 3.05) is 0 Å². The number of nitrogens with zero attached hydrogens (tertiary/aromatic N) is 5. The molecule has 0 spiro atoms. The van der Waals surface area contributed by atoms with E-state index in [9.17, 15) is 0 Å². The van der Waals surface area contributed by atoms with Crippen molar-refractivity contribution in [1.82, 2.24) is 24.1 Å². The first-order valence-corrected chi connectivity index (χ1v) is 8.93. The van der Waals surface area contributed by atoms with Gasteiger partial charge >= 0.3 is 0 Å². The molecule has 0 unspecified atom stereocenters. The molecule has 0 aliphatic heterocycles. The van der Waals surface area contributed by atoms with Gasteiger partial charge in [-0.15, -0.1) is 0 Å². The maximum absolute atomic E-state index is 4.88. The molecular weight excluding hydrogens is 334 g/mol. The van der Waals surface area contributed by atoms with Crippen molar-refractivity contribution in [3.05, 3.63) is 72.3 Å². The number of benzene rings is 2. The van der Waals surface area contributed by atoms with Gasteiger partial charge in [-0.1, -0.05) is 17.2 Å². The molecule has 0 saturated carbocycles. The van der Waals surface area contributed by atoms with Gasteiger partial charge in [-0.05, 0) is 50.2 Å². The highest BCUT2D eigenvalue weighted by Gasteiger charge is 2.11. The second-order valence-electron chi connectivity index (χ2n) is 7.06. The lowest BCUT2D eigenvalue weighted by molar-refractivity contribution is 0.968. The lowest BCUT2D eigenvalue weighted by Crippen LogP contribution is -1.96. The van der Waals surface area contributed by atoms with E-state index in [1.165, 1.54) is 22.0 Å². The summed E-state index contributed by atoms with van der Waals surface area (Å²) in [6.07, 6.45) is 5.66. The van der Waals surface area contributed by atoms with E-state index in [1.807, 2.05) is 4.57 Å². The summed E-state index contributed by atoms with van der Waals surface area (Å²) in [5.74, 6) is 0. The summed E-state index contributed by atoms with van der Waals surface area (Å²) in [5, 5.41) is 1.19. The smallest absolute Gasteiger partial charge is 0.197 e. The summed E-state index contributed by atoms with van der Waals surface area (Å²) in [4.78, 5) is 13.8. The molecule has 5 nitrogen and oxygen atoms in total. The zero-order valence-corrected chi connectivity index (χ0v) is 15.5. The molecule has 0 N–H and O–H groups in total. The molecule has 5 heteroatoms. The third-order valence-corrected chi connectivity index (χ3v) is 4.92. The van der Waals surface area contributed by atoms with Crippen LogP contribution in [0.5, 0.6) is 0 Å². The molecular formula is C22H19N5. The topological polar surface area (TPSA) is 48.5 Å². The average Bonchev–Trinajstić information content (AvgIpc) is 3.24. The number of imidazole rings is 1. The molecule has 0 aliphatic rings. The monoisotopic (exact) mass is 353 g/mol. The Balaban J connectivity index is 1.68. The normalized spacial score (nSPS) is 11.5. The summed E-state index contributed by atoms with van der Waals surface area (Å²) in [5.41, 5.74) is 8.02. The predicted molar refractivity (Wildman–Crippen MR) is 108 cm³/mol. The van der Waals surface area contributed by atoms with Crippen LogP contribution in [0.25, 0.3) is 39.1 Å². The zero-order chi connectivity index (χ0) is 18.5. The van der Waals surface area contributed by atoms with Crippen molar-refractivity contribution in [1.29, 1.82) is 0 Å². The van der Waals surface area contributed by atoms with Gasteiger partial charge < -0.3 is 4.57 Å². The fourth-order valence-electron chi connectivity index (χ4n) is 3.66. The number of aromatic nitrogens is 5. The molecule has 0 atom stereocenters. The first kappa shape index (κ1) is 15.8. The van der Waals surface area contributed by atoms with E-state index in [0.29, 0.717) is 5.65 Å². The Bertz CT molecular complexity index is 1290. The van der Waals surface area contributed by atoms with Crippen molar-refractivity contribution in [3.8, 4) is 16.9 Å². The van der Waals surface area contributed by atoms with E-state index < -0.39 is 0 Å². The largest absolute Gasteiger partial charge is 0.351 e. The van der Waals surface area contributed by atoms with E-state index in [4.69, 9.17) is 4.98 Å². The Labute approximate surface area is 157 Å². The molecule has 0 radical (unpaired) electrons. The Morgan fingerprint density at radius 2 is 1.70 bits per heavy atom. The molecule has 5 aromatic rings. The maximum atomic E-state index is 4.88. The standard InChI is InChI=1S/C22H19N5/c1-14-8-15(2)10-17(9-14)19-12-23-21-22(25-19)27(13-24-21)18-4-5-20-16(11-18)6-7-26(20)3/h4-13H,1-3H3. The Morgan fingerprint density at radius 3 is 2.52 bits per heavy atom. The minimum absolute atomic E-state index is 0.649. The van der Waals surface area contributed by atoms with Gasteiger partial charge in [0, 0.05) is 35.4 Å². The van der Waals surface area contributed by atoms with Crippen molar-refractivity contribution in [3.63, 3.8) is 0 Å². The van der Waals surface area contributed by atoms with E-state index in [0.717, 1.165) is 22.6 Å². The van der Waals surface area contributed by atoms with Gasteiger partial charge in [0.05, 0.1) is 11.9 Å². The molecule has 3 heterocycles. The van der Waals surface area contributed by atoms with Gasteiger partial charge in [0.1, 0.15) is 6.33 Å². The Kier molecular flexibility index (Phi) is 3.37. The SMILES string of the molecule is Cc1cc(C)cc(-c2cnc3ncn(-c4ccc5c(ccn5C)c4)c3n2)c1. The molecule has 0 saturated heterocycles. The fourth-order valence-corrected chi connectivity index (χ4v) is 3.66. The highest BCUT2D eigenvalue weighted by atomic mass is 15.1. The minimum Gasteiger partial charge on any atom is -0.351 e. The van der Waals surface area contributed by atoms with Crippen LogP contribution in [0.1, 0.15) is 11.1 Å². The third kappa shape index (κ3) is 2.59. The summed E-state index contributed by atoms with van der Waals surface area (Å²) in [6.45, 7) is 4.20. The zero-order valence-electron chi connectivity index (χ0n) is 15.5. The van der Waals surface area contributed by atoms with E-state index in [1.54, 1.807) is 12.5 Å². The lowest BCUT2D eigenvalue weighted by atomic mass is 10.1. The summed E-state index contributed by atoms with van der Waals surface area (Å²) in [7, 11) is 2.05. The van der Waals surface area contributed by atoms with Crippen LogP contribution in [-0.4, -0.2) is 24.1 Å². The van der Waals surface area contributed by atoms with Crippen LogP contribution in [0.4, 0.5) is 0 Å².